The highest BCUT2D eigenvalue weighted by atomic mass is 16.6. The third-order valence-electron chi connectivity index (χ3n) is 2.80. The summed E-state index contributed by atoms with van der Waals surface area (Å²) in [5, 5.41) is 0. The Kier molecular flexibility index (Phi) is 6.94. The van der Waals surface area contributed by atoms with Crippen LogP contribution in [-0.2, 0) is 20.8 Å². The maximum absolute atomic E-state index is 5.77. The first-order chi connectivity index (χ1) is 8.63. The van der Waals surface area contributed by atoms with Gasteiger partial charge in [0.15, 0.2) is 0 Å². The lowest BCUT2D eigenvalue weighted by Crippen LogP contribution is -2.23. The van der Waals surface area contributed by atoms with Gasteiger partial charge in [0.25, 0.3) is 0 Å². The summed E-state index contributed by atoms with van der Waals surface area (Å²) in [6.45, 7) is 7.96. The number of hydrogen-bond donors (Lipinski definition) is 0. The Hall–Kier alpha value is -0.900. The van der Waals surface area contributed by atoms with Crippen molar-refractivity contribution in [2.75, 3.05) is 20.3 Å². The summed E-state index contributed by atoms with van der Waals surface area (Å²) in [7, 11) is 1.68. The minimum atomic E-state index is 0.0870. The minimum absolute atomic E-state index is 0.0870. The van der Waals surface area contributed by atoms with E-state index in [1.165, 1.54) is 11.1 Å². The molecule has 3 nitrogen and oxygen atoms in total. The summed E-state index contributed by atoms with van der Waals surface area (Å²) in [4.78, 5) is 0. The van der Waals surface area contributed by atoms with Gasteiger partial charge in [-0.15, -0.1) is 0 Å². The molecule has 1 aromatic carbocycles. The molecule has 0 radical (unpaired) electrons. The molecule has 2 atom stereocenters. The van der Waals surface area contributed by atoms with Crippen molar-refractivity contribution in [2.45, 2.75) is 39.6 Å². The lowest BCUT2D eigenvalue weighted by Gasteiger charge is -2.17. The summed E-state index contributed by atoms with van der Waals surface area (Å²) < 4.78 is 16.4. The fourth-order valence-electron chi connectivity index (χ4n) is 1.63. The monoisotopic (exact) mass is 252 g/mol. The molecular weight excluding hydrogens is 228 g/mol. The van der Waals surface area contributed by atoms with Crippen LogP contribution in [0.5, 0.6) is 0 Å². The van der Waals surface area contributed by atoms with Gasteiger partial charge in [0.05, 0.1) is 32.0 Å². The van der Waals surface area contributed by atoms with Crippen LogP contribution in [0.25, 0.3) is 0 Å². The van der Waals surface area contributed by atoms with Crippen LogP contribution in [-0.4, -0.2) is 32.5 Å². The molecule has 0 aliphatic carbocycles. The van der Waals surface area contributed by atoms with Crippen LogP contribution in [0.2, 0.25) is 0 Å². The van der Waals surface area contributed by atoms with Crippen LogP contribution in [0.4, 0.5) is 0 Å². The number of methoxy groups -OCH3 is 1. The molecule has 1 rings (SSSR count). The molecule has 0 bridgehead atoms. The zero-order chi connectivity index (χ0) is 13.4. The van der Waals surface area contributed by atoms with Gasteiger partial charge in [0.2, 0.25) is 0 Å². The van der Waals surface area contributed by atoms with Gasteiger partial charge >= 0.3 is 0 Å². The molecule has 0 aliphatic rings. The van der Waals surface area contributed by atoms with E-state index in [0.29, 0.717) is 19.8 Å². The van der Waals surface area contributed by atoms with Crippen LogP contribution >= 0.6 is 0 Å². The highest BCUT2D eigenvalue weighted by molar-refractivity contribution is 5.24. The highest BCUT2D eigenvalue weighted by Gasteiger charge is 2.07. The number of rotatable bonds is 8. The predicted octanol–water partition coefficient (Wildman–Crippen LogP) is 2.95. The van der Waals surface area contributed by atoms with Crippen molar-refractivity contribution in [3.05, 3.63) is 35.4 Å². The molecule has 0 heterocycles. The van der Waals surface area contributed by atoms with E-state index in [9.17, 15) is 0 Å². The third kappa shape index (κ3) is 5.63. The summed E-state index contributed by atoms with van der Waals surface area (Å²) in [6.07, 6.45) is 0.198. The Morgan fingerprint density at radius 1 is 1.00 bits per heavy atom. The number of ether oxygens (including phenoxy) is 3. The Morgan fingerprint density at radius 3 is 2.33 bits per heavy atom. The van der Waals surface area contributed by atoms with Crippen molar-refractivity contribution >= 4 is 0 Å². The molecule has 3 heteroatoms. The number of hydrogen-bond acceptors (Lipinski definition) is 3. The third-order valence-corrected chi connectivity index (χ3v) is 2.80. The van der Waals surface area contributed by atoms with Gasteiger partial charge in [-0.1, -0.05) is 24.3 Å². The molecule has 0 N–H and O–H groups in total. The Morgan fingerprint density at radius 2 is 1.67 bits per heavy atom. The molecule has 0 saturated carbocycles. The molecule has 0 fully saturated rings. The lowest BCUT2D eigenvalue weighted by molar-refractivity contribution is -0.0556. The van der Waals surface area contributed by atoms with Gasteiger partial charge < -0.3 is 14.2 Å². The van der Waals surface area contributed by atoms with Gasteiger partial charge in [0.1, 0.15) is 0 Å². The quantitative estimate of drug-likeness (QED) is 0.712. The van der Waals surface area contributed by atoms with Crippen molar-refractivity contribution in [1.82, 2.24) is 0 Å². The molecule has 0 amide bonds. The second-order valence-corrected chi connectivity index (χ2v) is 4.65. The fourth-order valence-corrected chi connectivity index (χ4v) is 1.63. The summed E-state index contributed by atoms with van der Waals surface area (Å²) in [6, 6.07) is 8.27. The topological polar surface area (TPSA) is 27.7 Å². The standard InChI is InChI=1S/C15H24O3/c1-12-7-5-6-8-15(12)11-18-14(3)10-17-13(2)9-16-4/h5-8,13-14H,9-11H2,1-4H3. The molecule has 0 aromatic heterocycles. The summed E-state index contributed by atoms with van der Waals surface area (Å²) in [5.74, 6) is 0. The van der Waals surface area contributed by atoms with Crippen molar-refractivity contribution < 1.29 is 14.2 Å². The molecule has 102 valence electrons. The van der Waals surface area contributed by atoms with E-state index in [2.05, 4.69) is 19.1 Å². The van der Waals surface area contributed by atoms with E-state index in [1.807, 2.05) is 26.0 Å². The highest BCUT2D eigenvalue weighted by Crippen LogP contribution is 2.10. The zero-order valence-corrected chi connectivity index (χ0v) is 11.8. The molecule has 18 heavy (non-hydrogen) atoms. The van der Waals surface area contributed by atoms with Gasteiger partial charge in [-0.3, -0.25) is 0 Å². The normalized spacial score (nSPS) is 14.4. The van der Waals surface area contributed by atoms with Crippen LogP contribution < -0.4 is 0 Å². The Labute approximate surface area is 110 Å². The van der Waals surface area contributed by atoms with Gasteiger partial charge in [0, 0.05) is 7.11 Å². The second-order valence-electron chi connectivity index (χ2n) is 4.65. The van der Waals surface area contributed by atoms with E-state index in [4.69, 9.17) is 14.2 Å². The first-order valence-corrected chi connectivity index (χ1v) is 6.40. The maximum atomic E-state index is 5.77. The number of benzene rings is 1. The predicted molar refractivity (Wildman–Crippen MR) is 72.7 cm³/mol. The van der Waals surface area contributed by atoms with E-state index < -0.39 is 0 Å². The molecule has 0 spiro atoms. The zero-order valence-electron chi connectivity index (χ0n) is 11.8. The van der Waals surface area contributed by atoms with Crippen LogP contribution in [0.15, 0.2) is 24.3 Å². The fraction of sp³-hybridized carbons (Fsp3) is 0.600. The van der Waals surface area contributed by atoms with Crippen LogP contribution in [0.1, 0.15) is 25.0 Å². The van der Waals surface area contributed by atoms with Crippen LogP contribution in [0, 0.1) is 6.92 Å². The van der Waals surface area contributed by atoms with Crippen LogP contribution in [0.3, 0.4) is 0 Å². The van der Waals surface area contributed by atoms with Gasteiger partial charge in [-0.25, -0.2) is 0 Å². The average Bonchev–Trinajstić information content (AvgIpc) is 2.36. The lowest BCUT2D eigenvalue weighted by atomic mass is 10.1. The Bertz CT molecular complexity index is 338. The van der Waals surface area contributed by atoms with Gasteiger partial charge in [-0.05, 0) is 31.9 Å². The molecule has 0 saturated heterocycles. The van der Waals surface area contributed by atoms with Crippen molar-refractivity contribution in [3.63, 3.8) is 0 Å². The molecule has 1 aromatic rings. The summed E-state index contributed by atoms with van der Waals surface area (Å²) in [5.41, 5.74) is 2.49. The van der Waals surface area contributed by atoms with E-state index in [1.54, 1.807) is 7.11 Å². The maximum Gasteiger partial charge on any atom is 0.0785 e. The largest absolute Gasteiger partial charge is 0.382 e. The first-order valence-electron chi connectivity index (χ1n) is 6.40. The molecule has 0 aliphatic heterocycles. The van der Waals surface area contributed by atoms with E-state index in [-0.39, 0.29) is 12.2 Å². The smallest absolute Gasteiger partial charge is 0.0785 e. The van der Waals surface area contributed by atoms with Crippen molar-refractivity contribution in [3.8, 4) is 0 Å². The van der Waals surface area contributed by atoms with Crippen molar-refractivity contribution in [2.24, 2.45) is 0 Å². The second kappa shape index (κ2) is 8.25. The van der Waals surface area contributed by atoms with Gasteiger partial charge in [-0.2, -0.15) is 0 Å². The SMILES string of the molecule is COCC(C)OCC(C)OCc1ccccc1C. The molecule has 2 unspecified atom stereocenters. The van der Waals surface area contributed by atoms with E-state index in [0.717, 1.165) is 0 Å². The first kappa shape index (κ1) is 15.2. The Balaban J connectivity index is 2.25. The minimum Gasteiger partial charge on any atom is -0.382 e. The van der Waals surface area contributed by atoms with E-state index >= 15 is 0 Å². The number of aryl methyl sites for hydroxylation is 1. The summed E-state index contributed by atoms with van der Waals surface area (Å²) >= 11 is 0. The van der Waals surface area contributed by atoms with Crippen molar-refractivity contribution in [1.29, 1.82) is 0 Å². The molecular formula is C15H24O3. The average molecular weight is 252 g/mol.